The largest absolute Gasteiger partial charge is 0.355 e. The minimum Gasteiger partial charge on any atom is -0.355 e. The smallest absolute Gasteiger partial charge is 0.236 e. The molecular weight excluding hydrogens is 318 g/mol. The van der Waals surface area contributed by atoms with Crippen LogP contribution in [0.2, 0.25) is 0 Å². The van der Waals surface area contributed by atoms with Crippen molar-refractivity contribution in [1.82, 2.24) is 15.1 Å². The van der Waals surface area contributed by atoms with Crippen LogP contribution >= 0.6 is 23.1 Å². The maximum atomic E-state index is 12.3. The summed E-state index contributed by atoms with van der Waals surface area (Å²) in [6, 6.07) is 2.05. The van der Waals surface area contributed by atoms with Gasteiger partial charge in [-0.2, -0.15) is 11.3 Å². The zero-order valence-corrected chi connectivity index (χ0v) is 14.9. The van der Waals surface area contributed by atoms with E-state index >= 15 is 0 Å². The lowest BCUT2D eigenvalue weighted by molar-refractivity contribution is -0.130. The first-order valence-corrected chi connectivity index (χ1v) is 9.27. The highest BCUT2D eigenvalue weighted by molar-refractivity contribution is 8.01. The average molecular weight is 342 g/mol. The Kier molecular flexibility index (Phi) is 6.28. The summed E-state index contributed by atoms with van der Waals surface area (Å²) in [5.74, 6) is 0.130. The Hall–Kier alpha value is -1.05. The molecule has 2 heterocycles. The second kappa shape index (κ2) is 7.99. The Morgan fingerprint density at radius 1 is 1.45 bits per heavy atom. The molecule has 1 aliphatic heterocycles. The van der Waals surface area contributed by atoms with Gasteiger partial charge in [-0.05, 0) is 43.4 Å². The third kappa shape index (κ3) is 4.47. The summed E-state index contributed by atoms with van der Waals surface area (Å²) >= 11 is 3.29. The summed E-state index contributed by atoms with van der Waals surface area (Å²) in [4.78, 5) is 28.0. The lowest BCUT2D eigenvalue weighted by Crippen LogP contribution is -2.36. The predicted molar refractivity (Wildman–Crippen MR) is 92.0 cm³/mol. The second-order valence-electron chi connectivity index (χ2n) is 5.62. The molecule has 7 heteroatoms. The molecule has 1 aromatic heterocycles. The van der Waals surface area contributed by atoms with E-state index in [4.69, 9.17) is 0 Å². The lowest BCUT2D eigenvalue weighted by Gasteiger charge is -2.23. The standard InChI is InChI=1S/C15H23N3O2S2/c1-11-14(20)18(15(22-11)12-5-9-21-10-12)7-4-13(19)16-6-8-17(2)3/h5,9-11,15H,4,6-8H2,1-3H3,(H,16,19). The monoisotopic (exact) mass is 341 g/mol. The van der Waals surface area contributed by atoms with Crippen LogP contribution in [-0.4, -0.2) is 60.6 Å². The minimum atomic E-state index is -0.0401. The molecule has 1 N–H and O–H groups in total. The number of hydrogen-bond donors (Lipinski definition) is 1. The molecule has 1 aliphatic rings. The number of likely N-dealkylation sites (N-methyl/N-ethyl adjacent to an activating group) is 1. The zero-order chi connectivity index (χ0) is 16.1. The molecular formula is C15H23N3O2S2. The molecule has 1 aromatic rings. The van der Waals surface area contributed by atoms with Crippen LogP contribution in [0.25, 0.3) is 0 Å². The first-order valence-electron chi connectivity index (χ1n) is 7.38. The minimum absolute atomic E-state index is 0.00303. The fourth-order valence-electron chi connectivity index (χ4n) is 2.30. The van der Waals surface area contributed by atoms with Crippen molar-refractivity contribution < 1.29 is 9.59 Å². The maximum absolute atomic E-state index is 12.3. The quantitative estimate of drug-likeness (QED) is 0.821. The van der Waals surface area contributed by atoms with E-state index in [0.29, 0.717) is 19.5 Å². The van der Waals surface area contributed by atoms with Gasteiger partial charge in [0.1, 0.15) is 5.37 Å². The number of hydrogen-bond acceptors (Lipinski definition) is 5. The van der Waals surface area contributed by atoms with Crippen molar-refractivity contribution in [3.8, 4) is 0 Å². The Balaban J connectivity index is 1.86. The van der Waals surface area contributed by atoms with Crippen molar-refractivity contribution in [2.24, 2.45) is 0 Å². The molecule has 1 saturated heterocycles. The van der Waals surface area contributed by atoms with Gasteiger partial charge in [0.15, 0.2) is 0 Å². The van der Waals surface area contributed by atoms with E-state index in [0.717, 1.165) is 12.1 Å². The van der Waals surface area contributed by atoms with Crippen LogP contribution in [0.15, 0.2) is 16.8 Å². The van der Waals surface area contributed by atoms with Crippen LogP contribution < -0.4 is 5.32 Å². The Morgan fingerprint density at radius 2 is 2.23 bits per heavy atom. The molecule has 2 unspecified atom stereocenters. The average Bonchev–Trinajstić information content (AvgIpc) is 3.07. The number of thioether (sulfide) groups is 1. The van der Waals surface area contributed by atoms with Crippen LogP contribution in [0.1, 0.15) is 24.3 Å². The highest BCUT2D eigenvalue weighted by atomic mass is 32.2. The molecule has 2 rings (SSSR count). The van der Waals surface area contributed by atoms with Crippen LogP contribution in [0.5, 0.6) is 0 Å². The van der Waals surface area contributed by atoms with Crippen LogP contribution in [-0.2, 0) is 9.59 Å². The number of amides is 2. The van der Waals surface area contributed by atoms with Crippen molar-refractivity contribution in [3.05, 3.63) is 22.4 Å². The highest BCUT2D eigenvalue weighted by Crippen LogP contribution is 2.43. The second-order valence-corrected chi connectivity index (χ2v) is 7.83. The fraction of sp³-hybridized carbons (Fsp3) is 0.600. The molecule has 1 fully saturated rings. The summed E-state index contributed by atoms with van der Waals surface area (Å²) in [6.45, 7) is 3.87. The van der Waals surface area contributed by atoms with E-state index in [1.165, 1.54) is 0 Å². The number of carbonyl (C=O) groups excluding carboxylic acids is 2. The molecule has 0 bridgehead atoms. The summed E-state index contributed by atoms with van der Waals surface area (Å²) < 4.78 is 0. The van der Waals surface area contributed by atoms with E-state index in [2.05, 4.69) is 16.8 Å². The van der Waals surface area contributed by atoms with Gasteiger partial charge in [-0.1, -0.05) is 0 Å². The molecule has 2 atom stereocenters. The van der Waals surface area contributed by atoms with Gasteiger partial charge in [0.25, 0.3) is 0 Å². The van der Waals surface area contributed by atoms with Gasteiger partial charge in [0.05, 0.1) is 5.25 Å². The predicted octanol–water partition coefficient (Wildman–Crippen LogP) is 1.78. The van der Waals surface area contributed by atoms with E-state index in [1.54, 1.807) is 23.1 Å². The molecule has 22 heavy (non-hydrogen) atoms. The topological polar surface area (TPSA) is 52.7 Å². The molecule has 0 aromatic carbocycles. The van der Waals surface area contributed by atoms with Gasteiger partial charge in [-0.25, -0.2) is 0 Å². The zero-order valence-electron chi connectivity index (χ0n) is 13.2. The van der Waals surface area contributed by atoms with Gasteiger partial charge in [-0.3, -0.25) is 9.59 Å². The number of thiophene rings is 1. The molecule has 0 aliphatic carbocycles. The number of nitrogens with one attached hydrogen (secondary N) is 1. The van der Waals surface area contributed by atoms with Gasteiger partial charge >= 0.3 is 0 Å². The van der Waals surface area contributed by atoms with E-state index in [-0.39, 0.29) is 22.4 Å². The van der Waals surface area contributed by atoms with Crippen molar-refractivity contribution in [2.75, 3.05) is 33.7 Å². The van der Waals surface area contributed by atoms with E-state index in [9.17, 15) is 9.59 Å². The van der Waals surface area contributed by atoms with Gasteiger partial charge in [-0.15, -0.1) is 11.8 Å². The molecule has 5 nitrogen and oxygen atoms in total. The highest BCUT2D eigenvalue weighted by Gasteiger charge is 2.38. The Morgan fingerprint density at radius 3 is 2.86 bits per heavy atom. The molecule has 0 spiro atoms. The third-order valence-electron chi connectivity index (χ3n) is 3.54. The lowest BCUT2D eigenvalue weighted by atomic mass is 10.2. The first kappa shape index (κ1) is 17.3. The first-order chi connectivity index (χ1) is 10.5. The molecule has 122 valence electrons. The van der Waals surface area contributed by atoms with E-state index < -0.39 is 0 Å². The van der Waals surface area contributed by atoms with Gasteiger partial charge < -0.3 is 15.1 Å². The molecule has 0 saturated carbocycles. The Bertz CT molecular complexity index is 505. The van der Waals surface area contributed by atoms with Crippen molar-refractivity contribution in [2.45, 2.75) is 24.0 Å². The van der Waals surface area contributed by atoms with Crippen LogP contribution in [0.3, 0.4) is 0 Å². The van der Waals surface area contributed by atoms with Crippen molar-refractivity contribution in [1.29, 1.82) is 0 Å². The van der Waals surface area contributed by atoms with E-state index in [1.807, 2.05) is 36.2 Å². The third-order valence-corrected chi connectivity index (χ3v) is 5.63. The van der Waals surface area contributed by atoms with Crippen LogP contribution in [0.4, 0.5) is 0 Å². The van der Waals surface area contributed by atoms with Crippen molar-refractivity contribution >= 4 is 34.9 Å². The number of nitrogens with zero attached hydrogens (tertiary/aromatic N) is 2. The van der Waals surface area contributed by atoms with Crippen LogP contribution in [0, 0.1) is 0 Å². The summed E-state index contributed by atoms with van der Waals surface area (Å²) in [5.41, 5.74) is 1.15. The molecule has 0 radical (unpaired) electrons. The summed E-state index contributed by atoms with van der Waals surface area (Å²) in [5, 5.41) is 6.99. The SMILES string of the molecule is CC1SC(c2ccsc2)N(CCC(=O)NCCN(C)C)C1=O. The summed E-state index contributed by atoms with van der Waals surface area (Å²) in [7, 11) is 3.94. The molecule has 2 amide bonds. The normalized spacial score (nSPS) is 21.6. The van der Waals surface area contributed by atoms with Crippen molar-refractivity contribution in [3.63, 3.8) is 0 Å². The summed E-state index contributed by atoms with van der Waals surface area (Å²) in [6.07, 6.45) is 0.354. The maximum Gasteiger partial charge on any atom is 0.236 e. The fourth-order valence-corrected chi connectivity index (χ4v) is 4.37. The number of rotatable bonds is 7. The Labute approximate surface area is 140 Å². The van der Waals surface area contributed by atoms with Gasteiger partial charge in [0.2, 0.25) is 11.8 Å². The number of carbonyl (C=O) groups is 2. The van der Waals surface area contributed by atoms with Gasteiger partial charge in [0, 0.05) is 26.1 Å².